The monoisotopic (exact) mass is 413 g/mol. The summed E-state index contributed by atoms with van der Waals surface area (Å²) >= 11 is 6.18. The van der Waals surface area contributed by atoms with Crippen molar-refractivity contribution in [3.05, 3.63) is 76.1 Å². The van der Waals surface area contributed by atoms with E-state index in [-0.39, 0.29) is 28.1 Å². The number of nitrogens with zero attached hydrogens (tertiary/aromatic N) is 1. The number of hydrogen-bond donors (Lipinski definition) is 2. The fraction of sp³-hybridized carbons (Fsp3) is 0.0526. The van der Waals surface area contributed by atoms with Gasteiger partial charge in [-0.3, -0.25) is 9.52 Å². The van der Waals surface area contributed by atoms with Gasteiger partial charge in [-0.05, 0) is 36.3 Å². The minimum Gasteiger partial charge on any atom is -0.363 e. The number of carbonyl (C=O) groups excluding carboxylic acids is 1. The highest BCUT2D eigenvalue weighted by molar-refractivity contribution is 7.92. The summed E-state index contributed by atoms with van der Waals surface area (Å²) in [6.45, 7) is 0.204. The molecule has 0 saturated heterocycles. The third-order valence-electron chi connectivity index (χ3n) is 4.09. The summed E-state index contributed by atoms with van der Waals surface area (Å²) < 4.78 is 32.9. The number of anilines is 1. The number of sulfonamides is 1. The van der Waals surface area contributed by atoms with Gasteiger partial charge in [-0.25, -0.2) is 8.42 Å². The highest BCUT2D eigenvalue weighted by Crippen LogP contribution is 2.33. The Morgan fingerprint density at radius 3 is 2.82 bits per heavy atom. The maximum absolute atomic E-state index is 12.9. The Morgan fingerprint density at radius 1 is 1.18 bits per heavy atom. The molecule has 2 aromatic carbocycles. The van der Waals surface area contributed by atoms with Gasteiger partial charge in [0.2, 0.25) is 0 Å². The quantitative estimate of drug-likeness (QED) is 0.643. The average Bonchev–Trinajstić information content (AvgIpc) is 3.33. The first-order valence-electron chi connectivity index (χ1n) is 8.09. The van der Waals surface area contributed by atoms with Crippen molar-refractivity contribution in [2.75, 3.05) is 4.72 Å². The first-order valence-corrected chi connectivity index (χ1v) is 9.95. The van der Waals surface area contributed by atoms with E-state index in [2.05, 4.69) is 27.0 Å². The minimum atomic E-state index is -3.94. The number of amides is 1. The minimum absolute atomic E-state index is 0.0189. The SMILES string of the molecule is O=C1NCc2c1ccc(Cl)c2NS(=O)(=O)c1cccc(C#Cc2ccon2)c1. The molecule has 1 amide bonds. The van der Waals surface area contributed by atoms with Gasteiger partial charge in [0.25, 0.3) is 15.9 Å². The molecule has 0 aliphatic carbocycles. The van der Waals surface area contributed by atoms with Gasteiger partial charge in [0.05, 0.1) is 15.6 Å². The second kappa shape index (κ2) is 7.03. The standard InChI is InChI=1S/C19H12ClN3O4S/c20-17-7-6-15-16(11-21-19(15)24)18(17)23-28(25,26)14-3-1-2-12(10-14)4-5-13-8-9-27-22-13/h1-3,6-10,23H,11H2,(H,21,24). The smallest absolute Gasteiger partial charge is 0.261 e. The molecule has 2 heterocycles. The van der Waals surface area contributed by atoms with Gasteiger partial charge in [-0.1, -0.05) is 28.7 Å². The molecule has 140 valence electrons. The van der Waals surface area contributed by atoms with Crippen molar-refractivity contribution in [1.29, 1.82) is 0 Å². The Kier molecular flexibility index (Phi) is 4.55. The molecule has 2 N–H and O–H groups in total. The van der Waals surface area contributed by atoms with E-state index in [1.807, 2.05) is 0 Å². The van der Waals surface area contributed by atoms with E-state index in [4.69, 9.17) is 16.1 Å². The first-order chi connectivity index (χ1) is 13.4. The lowest BCUT2D eigenvalue weighted by atomic mass is 10.1. The summed E-state index contributed by atoms with van der Waals surface area (Å²) in [4.78, 5) is 11.8. The molecule has 0 saturated carbocycles. The van der Waals surface area contributed by atoms with E-state index in [1.165, 1.54) is 24.5 Å². The van der Waals surface area contributed by atoms with Crippen molar-refractivity contribution in [1.82, 2.24) is 10.5 Å². The van der Waals surface area contributed by atoms with Crippen LogP contribution >= 0.6 is 11.6 Å². The largest absolute Gasteiger partial charge is 0.363 e. The maximum Gasteiger partial charge on any atom is 0.261 e. The highest BCUT2D eigenvalue weighted by atomic mass is 35.5. The van der Waals surface area contributed by atoms with Gasteiger partial charge in [-0.2, -0.15) is 0 Å². The van der Waals surface area contributed by atoms with Crippen molar-refractivity contribution < 1.29 is 17.7 Å². The van der Waals surface area contributed by atoms with Gasteiger partial charge in [0.1, 0.15) is 6.26 Å². The molecule has 1 aliphatic rings. The molecule has 0 atom stereocenters. The van der Waals surface area contributed by atoms with E-state index >= 15 is 0 Å². The number of benzene rings is 2. The second-order valence-electron chi connectivity index (χ2n) is 5.90. The Hall–Kier alpha value is -3.28. The average molecular weight is 414 g/mol. The summed E-state index contributed by atoms with van der Waals surface area (Å²) in [6.07, 6.45) is 1.40. The molecule has 7 nitrogen and oxygen atoms in total. The third-order valence-corrected chi connectivity index (χ3v) is 5.75. The summed E-state index contributed by atoms with van der Waals surface area (Å²) in [5.41, 5.74) is 2.04. The predicted octanol–water partition coefficient (Wildman–Crippen LogP) is 2.77. The van der Waals surface area contributed by atoms with Crippen LogP contribution in [0.3, 0.4) is 0 Å². The zero-order chi connectivity index (χ0) is 19.7. The van der Waals surface area contributed by atoms with Gasteiger partial charge in [0, 0.05) is 29.3 Å². The van der Waals surface area contributed by atoms with E-state index in [1.54, 1.807) is 24.3 Å². The highest BCUT2D eigenvalue weighted by Gasteiger charge is 2.26. The number of halogens is 1. The Bertz CT molecular complexity index is 1240. The fourth-order valence-electron chi connectivity index (χ4n) is 2.74. The van der Waals surface area contributed by atoms with Crippen LogP contribution < -0.4 is 10.0 Å². The molecule has 3 aromatic rings. The van der Waals surface area contributed by atoms with Crippen LogP contribution in [0.1, 0.15) is 27.2 Å². The van der Waals surface area contributed by atoms with Crippen molar-refractivity contribution in [2.45, 2.75) is 11.4 Å². The molecular weight excluding hydrogens is 402 g/mol. The Balaban J connectivity index is 1.67. The normalized spacial score (nSPS) is 12.7. The molecular formula is C19H12ClN3O4S. The van der Waals surface area contributed by atoms with Gasteiger partial charge in [0.15, 0.2) is 5.69 Å². The van der Waals surface area contributed by atoms with Crippen LogP contribution in [0.15, 0.2) is 58.1 Å². The van der Waals surface area contributed by atoms with Crippen LogP contribution in [0.4, 0.5) is 5.69 Å². The van der Waals surface area contributed by atoms with Gasteiger partial charge in [-0.15, -0.1) is 0 Å². The summed E-state index contributed by atoms with van der Waals surface area (Å²) in [5, 5.41) is 6.54. The van der Waals surface area contributed by atoms with Crippen LogP contribution in [-0.4, -0.2) is 19.5 Å². The van der Waals surface area contributed by atoms with E-state index in [0.717, 1.165) is 0 Å². The third kappa shape index (κ3) is 3.45. The van der Waals surface area contributed by atoms with E-state index in [9.17, 15) is 13.2 Å². The maximum atomic E-state index is 12.9. The van der Waals surface area contributed by atoms with Crippen LogP contribution in [0, 0.1) is 11.8 Å². The lowest BCUT2D eigenvalue weighted by Gasteiger charge is -2.13. The fourth-order valence-corrected chi connectivity index (χ4v) is 4.18. The van der Waals surface area contributed by atoms with Crippen molar-refractivity contribution in [3.8, 4) is 11.8 Å². The summed E-state index contributed by atoms with van der Waals surface area (Å²) in [7, 11) is -3.94. The number of carbonyl (C=O) groups is 1. The Labute approximate surface area is 165 Å². The van der Waals surface area contributed by atoms with Gasteiger partial charge < -0.3 is 9.84 Å². The van der Waals surface area contributed by atoms with E-state index < -0.39 is 10.0 Å². The molecule has 9 heteroatoms. The number of fused-ring (bicyclic) bond motifs is 1. The molecule has 28 heavy (non-hydrogen) atoms. The molecule has 0 spiro atoms. The lowest BCUT2D eigenvalue weighted by molar-refractivity contribution is 0.0965. The summed E-state index contributed by atoms with van der Waals surface area (Å²) in [5.74, 6) is 5.35. The molecule has 0 bridgehead atoms. The van der Waals surface area contributed by atoms with Crippen molar-refractivity contribution in [3.63, 3.8) is 0 Å². The number of aromatic nitrogens is 1. The first kappa shape index (κ1) is 18.1. The van der Waals surface area contributed by atoms with E-state index in [0.29, 0.717) is 22.4 Å². The number of hydrogen-bond acceptors (Lipinski definition) is 5. The predicted molar refractivity (Wildman–Crippen MR) is 102 cm³/mol. The van der Waals surface area contributed by atoms with Crippen LogP contribution in [-0.2, 0) is 16.6 Å². The zero-order valence-corrected chi connectivity index (χ0v) is 15.8. The Morgan fingerprint density at radius 2 is 2.04 bits per heavy atom. The van der Waals surface area contributed by atoms with Crippen LogP contribution in [0.2, 0.25) is 5.02 Å². The molecule has 0 unspecified atom stereocenters. The second-order valence-corrected chi connectivity index (χ2v) is 7.99. The van der Waals surface area contributed by atoms with Gasteiger partial charge >= 0.3 is 0 Å². The molecule has 1 aromatic heterocycles. The number of rotatable bonds is 3. The summed E-state index contributed by atoms with van der Waals surface area (Å²) in [6, 6.07) is 10.8. The zero-order valence-electron chi connectivity index (χ0n) is 14.2. The molecule has 0 radical (unpaired) electrons. The topological polar surface area (TPSA) is 101 Å². The molecule has 4 rings (SSSR count). The van der Waals surface area contributed by atoms with Crippen LogP contribution in [0.25, 0.3) is 0 Å². The lowest BCUT2D eigenvalue weighted by Crippen LogP contribution is -2.15. The molecule has 1 aliphatic heterocycles. The van der Waals surface area contributed by atoms with Crippen molar-refractivity contribution >= 4 is 33.2 Å². The molecule has 0 fully saturated rings. The van der Waals surface area contributed by atoms with Crippen molar-refractivity contribution in [2.24, 2.45) is 0 Å². The van der Waals surface area contributed by atoms with Crippen LogP contribution in [0.5, 0.6) is 0 Å². The number of nitrogens with one attached hydrogen (secondary N) is 2.